The second-order valence-electron chi connectivity index (χ2n) is 5.53. The second kappa shape index (κ2) is 5.52. The van der Waals surface area contributed by atoms with Crippen LogP contribution in [0.2, 0.25) is 0 Å². The number of fused-ring (bicyclic) bond motifs is 1. The molecule has 1 aromatic carbocycles. The molecule has 3 rings (SSSR count). The molecule has 21 heavy (non-hydrogen) atoms. The Hall–Kier alpha value is -2.42. The van der Waals surface area contributed by atoms with E-state index in [0.717, 1.165) is 16.8 Å². The van der Waals surface area contributed by atoms with E-state index in [9.17, 15) is 4.79 Å². The number of carbonyl (C=O) groups is 1. The SMILES string of the molecule is C=C(C)CN1N=C(c2ccccc2)C2C=CC=CC2C1=O. The van der Waals surface area contributed by atoms with Gasteiger partial charge in [0, 0.05) is 5.92 Å². The van der Waals surface area contributed by atoms with Gasteiger partial charge in [-0.25, -0.2) is 5.01 Å². The van der Waals surface area contributed by atoms with Gasteiger partial charge in [-0.1, -0.05) is 66.8 Å². The smallest absolute Gasteiger partial charge is 0.250 e. The van der Waals surface area contributed by atoms with Crippen LogP contribution in [0.15, 0.2) is 71.9 Å². The van der Waals surface area contributed by atoms with Crippen molar-refractivity contribution in [3.8, 4) is 0 Å². The van der Waals surface area contributed by atoms with Crippen LogP contribution in [0, 0.1) is 11.8 Å². The van der Waals surface area contributed by atoms with Gasteiger partial charge < -0.3 is 0 Å². The molecule has 1 amide bonds. The molecule has 0 aromatic heterocycles. The molecule has 2 aliphatic rings. The number of nitrogens with zero attached hydrogens (tertiary/aromatic N) is 2. The van der Waals surface area contributed by atoms with E-state index in [1.165, 1.54) is 0 Å². The van der Waals surface area contributed by atoms with Gasteiger partial charge in [0.05, 0.1) is 18.2 Å². The lowest BCUT2D eigenvalue weighted by molar-refractivity contribution is -0.135. The number of allylic oxidation sites excluding steroid dienone is 3. The largest absolute Gasteiger partial charge is 0.272 e. The van der Waals surface area contributed by atoms with E-state index in [4.69, 9.17) is 0 Å². The van der Waals surface area contributed by atoms with Crippen molar-refractivity contribution >= 4 is 11.6 Å². The van der Waals surface area contributed by atoms with Gasteiger partial charge in [0.15, 0.2) is 0 Å². The average molecular weight is 278 g/mol. The minimum absolute atomic E-state index is 0.0197. The summed E-state index contributed by atoms with van der Waals surface area (Å²) in [5.41, 5.74) is 2.93. The molecule has 106 valence electrons. The zero-order chi connectivity index (χ0) is 14.8. The van der Waals surface area contributed by atoms with Crippen LogP contribution in [0.4, 0.5) is 0 Å². The highest BCUT2D eigenvalue weighted by Crippen LogP contribution is 2.31. The lowest BCUT2D eigenvalue weighted by Crippen LogP contribution is -2.44. The summed E-state index contributed by atoms with van der Waals surface area (Å²) >= 11 is 0. The van der Waals surface area contributed by atoms with Crippen molar-refractivity contribution in [1.82, 2.24) is 5.01 Å². The summed E-state index contributed by atoms with van der Waals surface area (Å²) < 4.78 is 0. The molecule has 0 saturated heterocycles. The van der Waals surface area contributed by atoms with Crippen LogP contribution in [-0.4, -0.2) is 23.2 Å². The molecule has 3 nitrogen and oxygen atoms in total. The summed E-state index contributed by atoms with van der Waals surface area (Å²) in [4.78, 5) is 12.6. The Morgan fingerprint density at radius 3 is 2.52 bits per heavy atom. The molecule has 0 radical (unpaired) electrons. The number of hydrazone groups is 1. The minimum Gasteiger partial charge on any atom is -0.272 e. The normalized spacial score (nSPS) is 23.8. The van der Waals surface area contributed by atoms with E-state index in [0.29, 0.717) is 6.54 Å². The van der Waals surface area contributed by atoms with E-state index >= 15 is 0 Å². The number of rotatable bonds is 3. The highest BCUT2D eigenvalue weighted by Gasteiger charge is 2.37. The zero-order valence-corrected chi connectivity index (χ0v) is 12.1. The van der Waals surface area contributed by atoms with Crippen molar-refractivity contribution in [1.29, 1.82) is 0 Å². The summed E-state index contributed by atoms with van der Waals surface area (Å²) in [6.07, 6.45) is 7.95. The van der Waals surface area contributed by atoms with Gasteiger partial charge in [-0.15, -0.1) is 0 Å². The Bertz CT molecular complexity index is 655. The summed E-state index contributed by atoms with van der Waals surface area (Å²) in [5.74, 6) is -0.100. The van der Waals surface area contributed by atoms with Gasteiger partial charge in [-0.2, -0.15) is 5.10 Å². The molecular weight excluding hydrogens is 260 g/mol. The maximum absolute atomic E-state index is 12.6. The van der Waals surface area contributed by atoms with Gasteiger partial charge in [0.1, 0.15) is 0 Å². The van der Waals surface area contributed by atoms with Crippen LogP contribution in [0.25, 0.3) is 0 Å². The molecule has 1 heterocycles. The molecule has 1 aromatic rings. The van der Waals surface area contributed by atoms with Crippen LogP contribution in [0.1, 0.15) is 12.5 Å². The molecular formula is C18H18N2O. The summed E-state index contributed by atoms with van der Waals surface area (Å²) in [5, 5.41) is 6.16. The standard InChI is InChI=1S/C18H18N2O/c1-13(2)12-20-18(21)16-11-7-6-10-15(16)17(19-20)14-8-4-3-5-9-14/h3-11,15-16H,1,12H2,2H3. The van der Waals surface area contributed by atoms with Crippen LogP contribution in [0.3, 0.4) is 0 Å². The first-order valence-electron chi connectivity index (χ1n) is 7.11. The van der Waals surface area contributed by atoms with E-state index in [-0.39, 0.29) is 17.7 Å². The first-order valence-corrected chi connectivity index (χ1v) is 7.11. The first-order chi connectivity index (χ1) is 10.2. The molecule has 2 unspecified atom stereocenters. The summed E-state index contributed by atoms with van der Waals surface area (Å²) in [6, 6.07) is 10.1. The third-order valence-electron chi connectivity index (χ3n) is 3.71. The molecule has 3 heteroatoms. The van der Waals surface area contributed by atoms with Crippen LogP contribution in [-0.2, 0) is 4.79 Å². The molecule has 0 N–H and O–H groups in total. The lowest BCUT2D eigenvalue weighted by Gasteiger charge is -2.34. The molecule has 0 bridgehead atoms. The third kappa shape index (κ3) is 2.59. The molecule has 2 atom stereocenters. The van der Waals surface area contributed by atoms with E-state index in [1.54, 1.807) is 5.01 Å². The maximum atomic E-state index is 12.6. The fraction of sp³-hybridized carbons (Fsp3) is 0.222. The van der Waals surface area contributed by atoms with Crippen molar-refractivity contribution in [3.63, 3.8) is 0 Å². The molecule has 1 aliphatic carbocycles. The summed E-state index contributed by atoms with van der Waals surface area (Å²) in [7, 11) is 0. The molecule has 0 saturated carbocycles. The quantitative estimate of drug-likeness (QED) is 0.782. The molecule has 0 spiro atoms. The number of carbonyl (C=O) groups excluding carboxylic acids is 1. The minimum atomic E-state index is -0.165. The van der Waals surface area contributed by atoms with Gasteiger partial charge in [0.25, 0.3) is 5.91 Å². The molecule has 0 fully saturated rings. The van der Waals surface area contributed by atoms with Gasteiger partial charge in [-0.05, 0) is 12.5 Å². The van der Waals surface area contributed by atoms with Crippen molar-refractivity contribution in [2.45, 2.75) is 6.92 Å². The highest BCUT2D eigenvalue weighted by molar-refractivity contribution is 6.08. The van der Waals surface area contributed by atoms with E-state index in [1.807, 2.05) is 55.5 Å². The van der Waals surface area contributed by atoms with Crippen molar-refractivity contribution < 1.29 is 4.79 Å². The zero-order valence-electron chi connectivity index (χ0n) is 12.1. The van der Waals surface area contributed by atoms with Crippen molar-refractivity contribution in [2.75, 3.05) is 6.54 Å². The fourth-order valence-electron chi connectivity index (χ4n) is 2.75. The van der Waals surface area contributed by atoms with Crippen LogP contribution >= 0.6 is 0 Å². The average Bonchev–Trinajstić information content (AvgIpc) is 2.51. The number of hydrogen-bond acceptors (Lipinski definition) is 2. The Kier molecular flexibility index (Phi) is 3.57. The Labute approximate surface area is 125 Å². The van der Waals surface area contributed by atoms with Gasteiger partial charge in [0.2, 0.25) is 0 Å². The van der Waals surface area contributed by atoms with E-state index < -0.39 is 0 Å². The van der Waals surface area contributed by atoms with E-state index in [2.05, 4.69) is 17.8 Å². The third-order valence-corrected chi connectivity index (χ3v) is 3.71. The maximum Gasteiger partial charge on any atom is 0.250 e. The number of benzene rings is 1. The molecule has 1 aliphatic heterocycles. The van der Waals surface area contributed by atoms with Crippen LogP contribution < -0.4 is 0 Å². The van der Waals surface area contributed by atoms with Crippen molar-refractivity contribution in [2.24, 2.45) is 16.9 Å². The second-order valence-corrected chi connectivity index (χ2v) is 5.53. The lowest BCUT2D eigenvalue weighted by atomic mass is 9.80. The van der Waals surface area contributed by atoms with Crippen LogP contribution in [0.5, 0.6) is 0 Å². The Morgan fingerprint density at radius 2 is 1.86 bits per heavy atom. The Balaban J connectivity index is 2.05. The topological polar surface area (TPSA) is 32.7 Å². The van der Waals surface area contributed by atoms with Gasteiger partial charge in [-0.3, -0.25) is 4.79 Å². The van der Waals surface area contributed by atoms with Crippen molar-refractivity contribution in [3.05, 3.63) is 72.4 Å². The highest BCUT2D eigenvalue weighted by atomic mass is 16.2. The fourth-order valence-corrected chi connectivity index (χ4v) is 2.75. The predicted molar refractivity (Wildman–Crippen MR) is 84.8 cm³/mol. The number of hydrogen-bond donors (Lipinski definition) is 0. The summed E-state index contributed by atoms with van der Waals surface area (Å²) in [6.45, 7) is 6.27. The first kappa shape index (κ1) is 13.6. The monoisotopic (exact) mass is 278 g/mol. The predicted octanol–water partition coefficient (Wildman–Crippen LogP) is 3.17. The number of amides is 1. The van der Waals surface area contributed by atoms with Gasteiger partial charge >= 0.3 is 0 Å². The Morgan fingerprint density at radius 1 is 1.19 bits per heavy atom.